The normalized spacial score (nSPS) is 9.76. The van der Waals surface area contributed by atoms with Gasteiger partial charge in [0.05, 0.1) is 6.61 Å². The lowest BCUT2D eigenvalue weighted by atomic mass is 10.1. The second kappa shape index (κ2) is 6.68. The lowest BCUT2D eigenvalue weighted by Crippen LogP contribution is -2.02. The first kappa shape index (κ1) is 13.2. The summed E-state index contributed by atoms with van der Waals surface area (Å²) in [6.45, 7) is 3.20. The van der Waals surface area contributed by atoms with E-state index < -0.39 is 0 Å². The molecule has 17 heavy (non-hydrogen) atoms. The van der Waals surface area contributed by atoms with Gasteiger partial charge in [0.15, 0.2) is 0 Å². The topological polar surface area (TPSA) is 52.6 Å². The van der Waals surface area contributed by atoms with E-state index in [-0.39, 0.29) is 11.9 Å². The van der Waals surface area contributed by atoms with Crippen LogP contribution in [0.3, 0.4) is 0 Å². The molecule has 0 fully saturated rings. The van der Waals surface area contributed by atoms with Crippen molar-refractivity contribution >= 4 is 11.9 Å². The lowest BCUT2D eigenvalue weighted by molar-refractivity contribution is -0.141. The maximum absolute atomic E-state index is 10.7. The van der Waals surface area contributed by atoms with Crippen LogP contribution in [0.25, 0.3) is 0 Å². The van der Waals surface area contributed by atoms with Crippen molar-refractivity contribution in [3.8, 4) is 5.75 Å². The summed E-state index contributed by atoms with van der Waals surface area (Å²) in [7, 11) is 0. The van der Waals surface area contributed by atoms with E-state index in [4.69, 9.17) is 9.47 Å². The Balaban J connectivity index is 2.35. The van der Waals surface area contributed by atoms with Crippen molar-refractivity contribution in [2.45, 2.75) is 26.7 Å². The quantitative estimate of drug-likeness (QED) is 0.446. The van der Waals surface area contributed by atoms with Crippen molar-refractivity contribution < 1.29 is 19.1 Å². The minimum atomic E-state index is -0.326. The molecule has 0 amide bonds. The summed E-state index contributed by atoms with van der Waals surface area (Å²) < 4.78 is 9.75. The standard InChI is InChI=1S/C13H16O4/c1-10(14)16-9-3-4-12-5-7-13(8-6-12)17-11(2)15/h5-8H,3-4,9H2,1-2H3. The Kier molecular flexibility index (Phi) is 5.20. The second-order valence-corrected chi connectivity index (χ2v) is 3.68. The predicted octanol–water partition coefficient (Wildman–Crippen LogP) is 2.11. The van der Waals surface area contributed by atoms with E-state index in [2.05, 4.69) is 0 Å². The molecule has 0 aliphatic carbocycles. The summed E-state index contributed by atoms with van der Waals surface area (Å²) in [5.41, 5.74) is 1.12. The van der Waals surface area contributed by atoms with Gasteiger partial charge in [-0.2, -0.15) is 0 Å². The van der Waals surface area contributed by atoms with E-state index in [1.165, 1.54) is 13.8 Å². The SMILES string of the molecule is CC(=O)OCCCc1ccc(OC(C)=O)cc1. The molecule has 0 unspecified atom stereocenters. The van der Waals surface area contributed by atoms with Crippen LogP contribution in [0.5, 0.6) is 5.75 Å². The van der Waals surface area contributed by atoms with Crippen LogP contribution in [-0.2, 0) is 20.7 Å². The molecule has 0 saturated heterocycles. The Morgan fingerprint density at radius 3 is 2.24 bits per heavy atom. The summed E-state index contributed by atoms with van der Waals surface area (Å²) >= 11 is 0. The Morgan fingerprint density at radius 2 is 1.71 bits per heavy atom. The van der Waals surface area contributed by atoms with Gasteiger partial charge in [0, 0.05) is 13.8 Å². The minimum absolute atomic E-state index is 0.254. The van der Waals surface area contributed by atoms with Crippen LogP contribution in [-0.4, -0.2) is 18.5 Å². The number of benzene rings is 1. The molecule has 1 aromatic rings. The third-order valence-electron chi connectivity index (χ3n) is 2.10. The van der Waals surface area contributed by atoms with Gasteiger partial charge in [0.1, 0.15) is 5.75 Å². The van der Waals surface area contributed by atoms with Crippen molar-refractivity contribution in [2.75, 3.05) is 6.61 Å². The third kappa shape index (κ3) is 5.70. The van der Waals surface area contributed by atoms with E-state index >= 15 is 0 Å². The maximum atomic E-state index is 10.7. The summed E-state index contributed by atoms with van der Waals surface area (Å²) in [6, 6.07) is 7.29. The zero-order chi connectivity index (χ0) is 12.7. The van der Waals surface area contributed by atoms with Gasteiger partial charge >= 0.3 is 11.9 Å². The maximum Gasteiger partial charge on any atom is 0.308 e. The van der Waals surface area contributed by atoms with E-state index in [0.717, 1.165) is 18.4 Å². The van der Waals surface area contributed by atoms with Crippen molar-refractivity contribution in [1.82, 2.24) is 0 Å². The smallest absolute Gasteiger partial charge is 0.308 e. The number of ether oxygens (including phenoxy) is 2. The van der Waals surface area contributed by atoms with Gasteiger partial charge in [-0.05, 0) is 30.5 Å². The molecule has 0 aromatic heterocycles. The van der Waals surface area contributed by atoms with Gasteiger partial charge in [-0.3, -0.25) is 9.59 Å². The summed E-state index contributed by atoms with van der Waals surface area (Å²) in [5.74, 6) is -0.0379. The molecule has 1 rings (SSSR count). The molecular formula is C13H16O4. The molecule has 0 aliphatic heterocycles. The highest BCUT2D eigenvalue weighted by Crippen LogP contribution is 2.13. The average molecular weight is 236 g/mol. The van der Waals surface area contributed by atoms with Gasteiger partial charge in [-0.1, -0.05) is 12.1 Å². The minimum Gasteiger partial charge on any atom is -0.466 e. The summed E-state index contributed by atoms with van der Waals surface area (Å²) in [4.78, 5) is 21.2. The fraction of sp³-hybridized carbons (Fsp3) is 0.385. The van der Waals surface area contributed by atoms with E-state index in [1.807, 2.05) is 12.1 Å². The zero-order valence-corrected chi connectivity index (χ0v) is 10.1. The molecule has 0 bridgehead atoms. The van der Waals surface area contributed by atoms with Crippen molar-refractivity contribution in [1.29, 1.82) is 0 Å². The third-order valence-corrected chi connectivity index (χ3v) is 2.10. The Hall–Kier alpha value is -1.84. The average Bonchev–Trinajstić information content (AvgIpc) is 2.25. The molecule has 0 aliphatic rings. The van der Waals surface area contributed by atoms with Gasteiger partial charge in [0.25, 0.3) is 0 Å². The van der Waals surface area contributed by atoms with Crippen molar-refractivity contribution in [2.24, 2.45) is 0 Å². The Morgan fingerprint density at radius 1 is 1.06 bits per heavy atom. The largest absolute Gasteiger partial charge is 0.466 e. The highest BCUT2D eigenvalue weighted by molar-refractivity contribution is 5.69. The first-order valence-corrected chi connectivity index (χ1v) is 5.48. The molecule has 4 heteroatoms. The monoisotopic (exact) mass is 236 g/mol. The van der Waals surface area contributed by atoms with E-state index in [1.54, 1.807) is 12.1 Å². The number of hydrogen-bond donors (Lipinski definition) is 0. The number of esters is 2. The van der Waals surface area contributed by atoms with Crippen molar-refractivity contribution in [3.05, 3.63) is 29.8 Å². The molecule has 0 N–H and O–H groups in total. The van der Waals surface area contributed by atoms with Gasteiger partial charge < -0.3 is 9.47 Å². The first-order valence-electron chi connectivity index (χ1n) is 5.48. The summed E-state index contributed by atoms with van der Waals surface area (Å²) in [6.07, 6.45) is 1.61. The highest BCUT2D eigenvalue weighted by Gasteiger charge is 1.99. The van der Waals surface area contributed by atoms with Crippen LogP contribution >= 0.6 is 0 Å². The predicted molar refractivity (Wildman–Crippen MR) is 62.7 cm³/mol. The Labute approximate surface area is 101 Å². The number of rotatable bonds is 5. The van der Waals surface area contributed by atoms with E-state index in [0.29, 0.717) is 12.4 Å². The molecule has 0 heterocycles. The molecule has 92 valence electrons. The van der Waals surface area contributed by atoms with Crippen LogP contribution in [0, 0.1) is 0 Å². The van der Waals surface area contributed by atoms with Crippen LogP contribution in [0.4, 0.5) is 0 Å². The van der Waals surface area contributed by atoms with Gasteiger partial charge in [-0.25, -0.2) is 0 Å². The molecule has 0 spiro atoms. The van der Waals surface area contributed by atoms with Crippen molar-refractivity contribution in [3.63, 3.8) is 0 Å². The van der Waals surface area contributed by atoms with Crippen LogP contribution < -0.4 is 4.74 Å². The van der Waals surface area contributed by atoms with Gasteiger partial charge in [-0.15, -0.1) is 0 Å². The van der Waals surface area contributed by atoms with Crippen LogP contribution in [0.2, 0.25) is 0 Å². The number of hydrogen-bond acceptors (Lipinski definition) is 4. The number of carbonyl (C=O) groups is 2. The molecule has 0 saturated carbocycles. The van der Waals surface area contributed by atoms with Crippen LogP contribution in [0.15, 0.2) is 24.3 Å². The summed E-state index contributed by atoms with van der Waals surface area (Å²) in [5, 5.41) is 0. The second-order valence-electron chi connectivity index (χ2n) is 3.68. The van der Waals surface area contributed by atoms with Gasteiger partial charge in [0.2, 0.25) is 0 Å². The Bertz CT molecular complexity index is 381. The number of aryl methyl sites for hydroxylation is 1. The molecule has 0 radical (unpaired) electrons. The highest BCUT2D eigenvalue weighted by atomic mass is 16.5. The number of carbonyl (C=O) groups excluding carboxylic acids is 2. The molecule has 0 atom stereocenters. The lowest BCUT2D eigenvalue weighted by Gasteiger charge is -2.04. The molecule has 4 nitrogen and oxygen atoms in total. The molecular weight excluding hydrogens is 220 g/mol. The first-order chi connectivity index (χ1) is 8.08. The van der Waals surface area contributed by atoms with Crippen LogP contribution in [0.1, 0.15) is 25.8 Å². The van der Waals surface area contributed by atoms with E-state index in [9.17, 15) is 9.59 Å². The fourth-order valence-corrected chi connectivity index (χ4v) is 1.38. The fourth-order valence-electron chi connectivity index (χ4n) is 1.38. The zero-order valence-electron chi connectivity index (χ0n) is 10.1. The molecule has 1 aromatic carbocycles.